The quantitative estimate of drug-likeness (QED) is 0.418. The molecule has 0 unspecified atom stereocenters. The molecule has 1 N–H and O–H groups in total. The molecule has 30 heavy (non-hydrogen) atoms. The molecule has 1 aliphatic carbocycles. The van der Waals surface area contributed by atoms with Gasteiger partial charge in [0.1, 0.15) is 5.54 Å². The summed E-state index contributed by atoms with van der Waals surface area (Å²) in [5.74, 6) is -0.820. The summed E-state index contributed by atoms with van der Waals surface area (Å²) in [7, 11) is 1.34. The Morgan fingerprint density at radius 1 is 1.20 bits per heavy atom. The summed E-state index contributed by atoms with van der Waals surface area (Å²) in [6, 6.07) is 1.24. The number of Topliss-reactive ketones (excluding diaryl/α,β-unsaturated/α-hetero) is 1. The maximum absolute atomic E-state index is 13.1. The van der Waals surface area contributed by atoms with E-state index in [4.69, 9.17) is 0 Å². The van der Waals surface area contributed by atoms with Crippen LogP contribution in [0.25, 0.3) is 0 Å². The number of nitrogens with one attached hydrogen (secondary N) is 1. The number of rotatable bonds is 7. The van der Waals surface area contributed by atoms with Gasteiger partial charge in [0.05, 0.1) is 20.1 Å². The van der Waals surface area contributed by atoms with Crippen LogP contribution in [0, 0.1) is 19.8 Å². The number of imide groups is 1. The molecule has 1 saturated carbocycles. The second kappa shape index (κ2) is 8.62. The van der Waals surface area contributed by atoms with Crippen LogP contribution in [-0.2, 0) is 20.9 Å². The Morgan fingerprint density at radius 3 is 2.50 bits per heavy atom. The molecule has 3 rings (SSSR count). The number of urea groups is 1. The van der Waals surface area contributed by atoms with Crippen LogP contribution in [0.5, 0.6) is 0 Å². The molecule has 0 aromatic carbocycles. The molecule has 1 atom stereocenters. The number of carbonyl (C=O) groups excluding carboxylic acids is 4. The Hall–Kier alpha value is -2.64. The van der Waals surface area contributed by atoms with Crippen molar-refractivity contribution < 1.29 is 23.9 Å². The molecular formula is C22H31N3O5. The minimum Gasteiger partial charge on any atom is -0.469 e. The highest BCUT2D eigenvalue weighted by Gasteiger charge is 2.52. The van der Waals surface area contributed by atoms with E-state index in [1.54, 1.807) is 19.9 Å². The summed E-state index contributed by atoms with van der Waals surface area (Å²) < 4.78 is 6.56. The van der Waals surface area contributed by atoms with Gasteiger partial charge in [0, 0.05) is 23.5 Å². The first kappa shape index (κ1) is 22.1. The molecule has 8 nitrogen and oxygen atoms in total. The van der Waals surface area contributed by atoms with Gasteiger partial charge < -0.3 is 14.6 Å². The average molecular weight is 418 g/mol. The van der Waals surface area contributed by atoms with E-state index in [0.29, 0.717) is 17.8 Å². The molecule has 1 saturated heterocycles. The maximum Gasteiger partial charge on any atom is 0.325 e. The normalized spacial score (nSPS) is 22.3. The molecule has 0 bridgehead atoms. The van der Waals surface area contributed by atoms with Gasteiger partial charge in [-0.25, -0.2) is 4.79 Å². The van der Waals surface area contributed by atoms with E-state index in [-0.39, 0.29) is 36.5 Å². The van der Waals surface area contributed by atoms with Crippen molar-refractivity contribution in [1.82, 2.24) is 14.8 Å². The Labute approximate surface area is 176 Å². The first-order chi connectivity index (χ1) is 14.2. The number of ketones is 1. The lowest BCUT2D eigenvalue weighted by molar-refractivity contribution is -0.140. The van der Waals surface area contributed by atoms with Gasteiger partial charge in [0.25, 0.3) is 5.91 Å². The SMILES string of the molecule is COC(=O)CCn1c(C)cc(C(=O)CN2C(=O)N[C@](C)(C3CCCCC3)C2=O)c1C. The number of aryl methyl sites for hydroxylation is 1. The van der Waals surface area contributed by atoms with Crippen LogP contribution in [0.3, 0.4) is 0 Å². The zero-order valence-corrected chi connectivity index (χ0v) is 18.2. The van der Waals surface area contributed by atoms with Gasteiger partial charge in [0.15, 0.2) is 5.78 Å². The third kappa shape index (κ3) is 4.00. The molecule has 1 aliphatic heterocycles. The van der Waals surface area contributed by atoms with E-state index in [1.807, 2.05) is 11.5 Å². The van der Waals surface area contributed by atoms with Crippen molar-refractivity contribution in [3.05, 3.63) is 23.0 Å². The summed E-state index contributed by atoms with van der Waals surface area (Å²) >= 11 is 0. The largest absolute Gasteiger partial charge is 0.469 e. The average Bonchev–Trinajstić information content (AvgIpc) is 3.14. The molecule has 2 heterocycles. The van der Waals surface area contributed by atoms with Crippen molar-refractivity contribution in [2.24, 2.45) is 5.92 Å². The lowest BCUT2D eigenvalue weighted by atomic mass is 9.75. The number of amides is 3. The van der Waals surface area contributed by atoms with Crippen molar-refractivity contribution >= 4 is 23.7 Å². The van der Waals surface area contributed by atoms with Crippen molar-refractivity contribution in [1.29, 1.82) is 0 Å². The van der Waals surface area contributed by atoms with Crippen LogP contribution in [0.4, 0.5) is 4.79 Å². The van der Waals surface area contributed by atoms with E-state index >= 15 is 0 Å². The minimum atomic E-state index is -0.935. The molecule has 2 aliphatic rings. The van der Waals surface area contributed by atoms with Crippen molar-refractivity contribution in [2.45, 2.75) is 71.4 Å². The predicted molar refractivity (Wildman–Crippen MR) is 110 cm³/mol. The van der Waals surface area contributed by atoms with Crippen LogP contribution in [-0.4, -0.2) is 52.4 Å². The van der Waals surface area contributed by atoms with E-state index < -0.39 is 11.6 Å². The number of esters is 1. The van der Waals surface area contributed by atoms with Gasteiger partial charge in [-0.05, 0) is 45.6 Å². The van der Waals surface area contributed by atoms with E-state index in [9.17, 15) is 19.2 Å². The van der Waals surface area contributed by atoms with Gasteiger partial charge in [-0.15, -0.1) is 0 Å². The molecule has 1 aromatic heterocycles. The minimum absolute atomic E-state index is 0.103. The van der Waals surface area contributed by atoms with Crippen LogP contribution in [0.2, 0.25) is 0 Å². The molecule has 3 amide bonds. The predicted octanol–water partition coefficient (Wildman–Crippen LogP) is 2.74. The standard InChI is InChI=1S/C22H31N3O5/c1-14-12-17(15(2)24(14)11-10-19(27)30-4)18(26)13-25-20(28)22(3,23-21(25)29)16-8-6-5-7-9-16/h12,16H,5-11,13H2,1-4H3,(H,23,29)/t22-/m1/s1. The number of hydrogen-bond donors (Lipinski definition) is 1. The van der Waals surface area contributed by atoms with Gasteiger partial charge in [-0.2, -0.15) is 0 Å². The summed E-state index contributed by atoms with van der Waals surface area (Å²) in [6.45, 7) is 5.56. The summed E-state index contributed by atoms with van der Waals surface area (Å²) in [4.78, 5) is 51.2. The van der Waals surface area contributed by atoms with Crippen LogP contribution in [0.1, 0.15) is 67.2 Å². The second-order valence-electron chi connectivity index (χ2n) is 8.54. The fourth-order valence-electron chi connectivity index (χ4n) is 4.78. The highest BCUT2D eigenvalue weighted by atomic mass is 16.5. The zero-order valence-electron chi connectivity index (χ0n) is 18.2. The lowest BCUT2D eigenvalue weighted by Crippen LogP contribution is -2.51. The highest BCUT2D eigenvalue weighted by Crippen LogP contribution is 2.36. The van der Waals surface area contributed by atoms with E-state index in [1.165, 1.54) is 7.11 Å². The Balaban J connectivity index is 1.73. The molecule has 164 valence electrons. The first-order valence-electron chi connectivity index (χ1n) is 10.6. The fraction of sp³-hybridized carbons (Fsp3) is 0.636. The third-order valence-corrected chi connectivity index (χ3v) is 6.67. The van der Waals surface area contributed by atoms with Crippen molar-refractivity contribution in [3.63, 3.8) is 0 Å². The third-order valence-electron chi connectivity index (χ3n) is 6.67. The summed E-state index contributed by atoms with van der Waals surface area (Å²) in [5, 5.41) is 2.86. The van der Waals surface area contributed by atoms with Crippen LogP contribution in [0.15, 0.2) is 6.07 Å². The fourth-order valence-corrected chi connectivity index (χ4v) is 4.78. The number of methoxy groups -OCH3 is 1. The zero-order chi connectivity index (χ0) is 22.1. The number of ether oxygens (including phenoxy) is 1. The van der Waals surface area contributed by atoms with E-state index in [0.717, 1.165) is 42.7 Å². The van der Waals surface area contributed by atoms with Crippen LogP contribution >= 0.6 is 0 Å². The maximum atomic E-state index is 13.1. The first-order valence-corrected chi connectivity index (χ1v) is 10.6. The molecule has 0 spiro atoms. The topological polar surface area (TPSA) is 97.7 Å². The van der Waals surface area contributed by atoms with E-state index in [2.05, 4.69) is 10.1 Å². The molecule has 0 radical (unpaired) electrons. The Bertz CT molecular complexity index is 868. The van der Waals surface area contributed by atoms with Crippen molar-refractivity contribution in [3.8, 4) is 0 Å². The Morgan fingerprint density at radius 2 is 1.87 bits per heavy atom. The van der Waals surface area contributed by atoms with Crippen LogP contribution < -0.4 is 5.32 Å². The number of nitrogens with zero attached hydrogens (tertiary/aromatic N) is 2. The van der Waals surface area contributed by atoms with Gasteiger partial charge in [0.2, 0.25) is 0 Å². The van der Waals surface area contributed by atoms with Crippen molar-refractivity contribution in [2.75, 3.05) is 13.7 Å². The molecule has 8 heteroatoms. The Kier molecular flexibility index (Phi) is 6.33. The number of carbonyl (C=O) groups is 4. The smallest absolute Gasteiger partial charge is 0.325 e. The second-order valence-corrected chi connectivity index (χ2v) is 8.54. The molecule has 1 aromatic rings. The van der Waals surface area contributed by atoms with Gasteiger partial charge in [-0.1, -0.05) is 19.3 Å². The highest BCUT2D eigenvalue weighted by molar-refractivity contribution is 6.11. The summed E-state index contributed by atoms with van der Waals surface area (Å²) in [5.41, 5.74) is 1.08. The molecule has 2 fully saturated rings. The number of aromatic nitrogens is 1. The van der Waals surface area contributed by atoms with Gasteiger partial charge >= 0.3 is 12.0 Å². The monoisotopic (exact) mass is 417 g/mol. The summed E-state index contributed by atoms with van der Waals surface area (Å²) in [6.07, 6.45) is 5.28. The number of hydrogen-bond acceptors (Lipinski definition) is 5. The van der Waals surface area contributed by atoms with Gasteiger partial charge in [-0.3, -0.25) is 19.3 Å². The molecular weight excluding hydrogens is 386 g/mol. The lowest BCUT2D eigenvalue weighted by Gasteiger charge is -2.34.